The van der Waals surface area contributed by atoms with Crippen molar-refractivity contribution in [2.75, 3.05) is 20.1 Å². The smallest absolute Gasteiger partial charge is 0.000133 e. The summed E-state index contributed by atoms with van der Waals surface area (Å²) in [6.07, 6.45) is 2.66. The lowest BCUT2D eigenvalue weighted by Crippen LogP contribution is -2.25. The molecule has 0 radical (unpaired) electrons. The average molecular weight is 171 g/mol. The van der Waals surface area contributed by atoms with E-state index in [0.717, 1.165) is 11.8 Å². The highest BCUT2D eigenvalue weighted by molar-refractivity contribution is 4.57. The van der Waals surface area contributed by atoms with Crippen LogP contribution in [0.1, 0.15) is 40.5 Å². The standard InChI is InChI=1S/C11H25N/c1-6-11(4)7-8-12(5)9-10(2)3/h10-11H,6-9H2,1-5H3/t11-/m1/s1. The summed E-state index contributed by atoms with van der Waals surface area (Å²) in [5.74, 6) is 1.69. The molecule has 0 aromatic heterocycles. The minimum Gasteiger partial charge on any atom is -0.306 e. The minimum atomic E-state index is 0.798. The van der Waals surface area contributed by atoms with Crippen molar-refractivity contribution in [3.63, 3.8) is 0 Å². The fourth-order valence-corrected chi connectivity index (χ4v) is 1.36. The van der Waals surface area contributed by atoms with Crippen LogP contribution in [0, 0.1) is 11.8 Å². The van der Waals surface area contributed by atoms with Crippen LogP contribution in [0.4, 0.5) is 0 Å². The molecule has 0 aliphatic rings. The maximum atomic E-state index is 2.44. The zero-order valence-electron chi connectivity index (χ0n) is 9.43. The summed E-state index contributed by atoms with van der Waals surface area (Å²) in [5, 5.41) is 0. The monoisotopic (exact) mass is 171 g/mol. The molecule has 1 heteroatoms. The van der Waals surface area contributed by atoms with E-state index in [0.29, 0.717) is 0 Å². The van der Waals surface area contributed by atoms with Gasteiger partial charge in [0, 0.05) is 6.54 Å². The fourth-order valence-electron chi connectivity index (χ4n) is 1.36. The first kappa shape index (κ1) is 12.0. The Hall–Kier alpha value is -0.0400. The average Bonchev–Trinajstić information content (AvgIpc) is 1.99. The van der Waals surface area contributed by atoms with Crippen LogP contribution in [0.3, 0.4) is 0 Å². The van der Waals surface area contributed by atoms with E-state index in [1.807, 2.05) is 0 Å². The summed E-state index contributed by atoms with van der Waals surface area (Å²) in [5.41, 5.74) is 0. The molecule has 0 unspecified atom stereocenters. The summed E-state index contributed by atoms with van der Waals surface area (Å²) < 4.78 is 0. The molecule has 74 valence electrons. The summed E-state index contributed by atoms with van der Waals surface area (Å²) in [6.45, 7) is 11.7. The van der Waals surface area contributed by atoms with Crippen molar-refractivity contribution >= 4 is 0 Å². The predicted octanol–water partition coefficient (Wildman–Crippen LogP) is 3.01. The van der Waals surface area contributed by atoms with Crippen LogP contribution < -0.4 is 0 Å². The molecule has 0 aromatic rings. The van der Waals surface area contributed by atoms with E-state index >= 15 is 0 Å². The molecule has 0 heterocycles. The Bertz CT molecular complexity index is 99.2. The second-order valence-corrected chi connectivity index (χ2v) is 4.46. The van der Waals surface area contributed by atoms with Gasteiger partial charge in [0.2, 0.25) is 0 Å². The Balaban J connectivity index is 3.36. The lowest BCUT2D eigenvalue weighted by molar-refractivity contribution is 0.273. The van der Waals surface area contributed by atoms with E-state index in [-0.39, 0.29) is 0 Å². The molecule has 0 saturated heterocycles. The van der Waals surface area contributed by atoms with E-state index in [1.54, 1.807) is 0 Å². The Morgan fingerprint density at radius 3 is 2.17 bits per heavy atom. The molecule has 1 nitrogen and oxygen atoms in total. The number of hydrogen-bond donors (Lipinski definition) is 0. The van der Waals surface area contributed by atoms with Crippen molar-refractivity contribution in [3.05, 3.63) is 0 Å². The maximum absolute atomic E-state index is 2.44. The van der Waals surface area contributed by atoms with Crippen molar-refractivity contribution in [1.29, 1.82) is 0 Å². The van der Waals surface area contributed by atoms with Crippen LogP contribution in [0.2, 0.25) is 0 Å². The van der Waals surface area contributed by atoms with Crippen LogP contribution >= 0.6 is 0 Å². The van der Waals surface area contributed by atoms with E-state index < -0.39 is 0 Å². The molecule has 0 amide bonds. The normalized spacial score (nSPS) is 14.2. The van der Waals surface area contributed by atoms with E-state index in [4.69, 9.17) is 0 Å². The molecule has 0 saturated carbocycles. The highest BCUT2D eigenvalue weighted by Gasteiger charge is 2.03. The topological polar surface area (TPSA) is 3.24 Å². The van der Waals surface area contributed by atoms with Gasteiger partial charge in [0.25, 0.3) is 0 Å². The van der Waals surface area contributed by atoms with Crippen LogP contribution in [-0.2, 0) is 0 Å². The molecule has 12 heavy (non-hydrogen) atoms. The number of rotatable bonds is 6. The van der Waals surface area contributed by atoms with Gasteiger partial charge in [-0.15, -0.1) is 0 Å². The third-order valence-corrected chi connectivity index (χ3v) is 2.38. The molecule has 0 aliphatic carbocycles. The molecule has 0 N–H and O–H groups in total. The van der Waals surface area contributed by atoms with Crippen LogP contribution in [0.15, 0.2) is 0 Å². The highest BCUT2D eigenvalue weighted by atomic mass is 15.1. The Morgan fingerprint density at radius 2 is 1.75 bits per heavy atom. The summed E-state index contributed by atoms with van der Waals surface area (Å²) in [7, 11) is 2.22. The first-order valence-corrected chi connectivity index (χ1v) is 5.24. The molecule has 0 fully saturated rings. The van der Waals surface area contributed by atoms with Crippen molar-refractivity contribution in [3.8, 4) is 0 Å². The molecular weight excluding hydrogens is 146 g/mol. The van der Waals surface area contributed by atoms with Crippen molar-refractivity contribution in [2.24, 2.45) is 11.8 Å². The van der Waals surface area contributed by atoms with Gasteiger partial charge in [0.1, 0.15) is 0 Å². The number of hydrogen-bond acceptors (Lipinski definition) is 1. The second kappa shape index (κ2) is 6.47. The number of nitrogens with zero attached hydrogens (tertiary/aromatic N) is 1. The van der Waals surface area contributed by atoms with Gasteiger partial charge in [-0.3, -0.25) is 0 Å². The lowest BCUT2D eigenvalue weighted by Gasteiger charge is -2.20. The Labute approximate surface area is 78.1 Å². The van der Waals surface area contributed by atoms with Gasteiger partial charge in [0.05, 0.1) is 0 Å². The van der Waals surface area contributed by atoms with Gasteiger partial charge < -0.3 is 4.90 Å². The van der Waals surface area contributed by atoms with E-state index in [9.17, 15) is 0 Å². The Morgan fingerprint density at radius 1 is 1.17 bits per heavy atom. The third kappa shape index (κ3) is 6.66. The predicted molar refractivity (Wildman–Crippen MR) is 56.4 cm³/mol. The van der Waals surface area contributed by atoms with Crippen LogP contribution in [0.5, 0.6) is 0 Å². The molecule has 0 bridgehead atoms. The van der Waals surface area contributed by atoms with Gasteiger partial charge in [0.15, 0.2) is 0 Å². The molecule has 0 aromatic carbocycles. The minimum absolute atomic E-state index is 0.798. The summed E-state index contributed by atoms with van der Waals surface area (Å²) >= 11 is 0. The van der Waals surface area contributed by atoms with Crippen molar-refractivity contribution in [1.82, 2.24) is 4.90 Å². The zero-order valence-corrected chi connectivity index (χ0v) is 9.43. The summed E-state index contributed by atoms with van der Waals surface area (Å²) in [6, 6.07) is 0. The van der Waals surface area contributed by atoms with Crippen LogP contribution in [-0.4, -0.2) is 25.0 Å². The van der Waals surface area contributed by atoms with Crippen molar-refractivity contribution in [2.45, 2.75) is 40.5 Å². The van der Waals surface area contributed by atoms with Gasteiger partial charge in [-0.2, -0.15) is 0 Å². The second-order valence-electron chi connectivity index (χ2n) is 4.46. The van der Waals surface area contributed by atoms with Gasteiger partial charge in [-0.1, -0.05) is 34.1 Å². The molecule has 0 aliphatic heterocycles. The largest absolute Gasteiger partial charge is 0.306 e. The SMILES string of the molecule is CC[C@@H](C)CCN(C)CC(C)C. The van der Waals surface area contributed by atoms with E-state index in [1.165, 1.54) is 25.9 Å². The summed E-state index contributed by atoms with van der Waals surface area (Å²) in [4.78, 5) is 2.44. The lowest BCUT2D eigenvalue weighted by atomic mass is 10.1. The first-order valence-electron chi connectivity index (χ1n) is 5.24. The highest BCUT2D eigenvalue weighted by Crippen LogP contribution is 2.07. The molecule has 1 atom stereocenters. The maximum Gasteiger partial charge on any atom is 0.000133 e. The van der Waals surface area contributed by atoms with Gasteiger partial charge in [-0.25, -0.2) is 0 Å². The quantitative estimate of drug-likeness (QED) is 0.594. The van der Waals surface area contributed by atoms with Gasteiger partial charge >= 0.3 is 0 Å². The molecule has 0 spiro atoms. The molecular formula is C11H25N. The fraction of sp³-hybridized carbons (Fsp3) is 1.00. The van der Waals surface area contributed by atoms with Crippen molar-refractivity contribution < 1.29 is 0 Å². The van der Waals surface area contributed by atoms with Gasteiger partial charge in [-0.05, 0) is 31.8 Å². The van der Waals surface area contributed by atoms with Crippen LogP contribution in [0.25, 0.3) is 0 Å². The third-order valence-electron chi connectivity index (χ3n) is 2.38. The molecule has 0 rings (SSSR count). The first-order chi connectivity index (χ1) is 5.56. The van der Waals surface area contributed by atoms with E-state index in [2.05, 4.69) is 39.6 Å². The Kier molecular flexibility index (Phi) is 6.45. The zero-order chi connectivity index (χ0) is 9.56.